The maximum absolute atomic E-state index is 6.05. The standard InChI is InChI=1S/C15H28ClN3S/c1-4-18(5-2)10-7-11-19(6-3)13(12-17)14-8-9-15(16)20-14/h8-9,13H,4-7,10-12,17H2,1-3H3. The third-order valence-corrected chi connectivity index (χ3v) is 5.14. The molecule has 3 nitrogen and oxygen atoms in total. The van der Waals surface area contributed by atoms with Crippen LogP contribution < -0.4 is 5.73 Å². The first-order chi connectivity index (χ1) is 9.65. The number of rotatable bonds is 10. The molecule has 0 radical (unpaired) electrons. The lowest BCUT2D eigenvalue weighted by molar-refractivity contribution is 0.195. The molecule has 0 amide bonds. The second-order valence-corrected chi connectivity index (χ2v) is 6.65. The fourth-order valence-corrected chi connectivity index (χ4v) is 3.73. The van der Waals surface area contributed by atoms with Gasteiger partial charge in [0.25, 0.3) is 0 Å². The molecular weight excluding hydrogens is 290 g/mol. The molecule has 0 aliphatic rings. The number of thiophene rings is 1. The van der Waals surface area contributed by atoms with E-state index in [0.717, 1.165) is 37.1 Å². The second kappa shape index (κ2) is 9.74. The van der Waals surface area contributed by atoms with Crippen molar-refractivity contribution in [1.82, 2.24) is 9.80 Å². The highest BCUT2D eigenvalue weighted by Crippen LogP contribution is 2.30. The minimum atomic E-state index is 0.300. The van der Waals surface area contributed by atoms with Crippen LogP contribution in [0.15, 0.2) is 12.1 Å². The SMILES string of the molecule is CCN(CC)CCCN(CC)C(CN)c1ccc(Cl)s1. The molecule has 1 atom stereocenters. The van der Waals surface area contributed by atoms with Crippen LogP contribution in [-0.2, 0) is 0 Å². The molecule has 1 aromatic heterocycles. The van der Waals surface area contributed by atoms with Crippen LogP contribution in [0.25, 0.3) is 0 Å². The van der Waals surface area contributed by atoms with Crippen LogP contribution in [0.4, 0.5) is 0 Å². The van der Waals surface area contributed by atoms with Crippen LogP contribution in [0, 0.1) is 0 Å². The molecule has 0 fully saturated rings. The number of hydrogen-bond donors (Lipinski definition) is 1. The zero-order valence-electron chi connectivity index (χ0n) is 12.9. The summed E-state index contributed by atoms with van der Waals surface area (Å²) in [5.41, 5.74) is 5.99. The van der Waals surface area contributed by atoms with Gasteiger partial charge in [-0.1, -0.05) is 32.4 Å². The van der Waals surface area contributed by atoms with Crippen molar-refractivity contribution >= 4 is 22.9 Å². The first kappa shape index (κ1) is 17.9. The predicted molar refractivity (Wildman–Crippen MR) is 90.8 cm³/mol. The molecule has 0 bridgehead atoms. The van der Waals surface area contributed by atoms with E-state index < -0.39 is 0 Å². The van der Waals surface area contributed by atoms with Gasteiger partial charge in [0, 0.05) is 18.0 Å². The van der Waals surface area contributed by atoms with Crippen LogP contribution >= 0.6 is 22.9 Å². The lowest BCUT2D eigenvalue weighted by Gasteiger charge is -2.30. The van der Waals surface area contributed by atoms with E-state index >= 15 is 0 Å². The maximum atomic E-state index is 6.05. The molecule has 20 heavy (non-hydrogen) atoms. The monoisotopic (exact) mass is 317 g/mol. The number of halogens is 1. The molecule has 116 valence electrons. The molecule has 0 aromatic carbocycles. The zero-order chi connectivity index (χ0) is 15.0. The Hall–Kier alpha value is -0.130. The van der Waals surface area contributed by atoms with E-state index in [9.17, 15) is 0 Å². The number of nitrogens with two attached hydrogens (primary N) is 1. The highest BCUT2D eigenvalue weighted by Gasteiger charge is 2.19. The van der Waals surface area contributed by atoms with Crippen LogP contribution in [-0.4, -0.2) is 49.1 Å². The largest absolute Gasteiger partial charge is 0.329 e. The fourth-order valence-electron chi connectivity index (χ4n) is 2.52. The van der Waals surface area contributed by atoms with Crippen molar-refractivity contribution in [3.63, 3.8) is 0 Å². The van der Waals surface area contributed by atoms with Crippen molar-refractivity contribution in [3.05, 3.63) is 21.3 Å². The smallest absolute Gasteiger partial charge is 0.0931 e. The van der Waals surface area contributed by atoms with Gasteiger partial charge in [-0.3, -0.25) is 4.90 Å². The summed E-state index contributed by atoms with van der Waals surface area (Å²) < 4.78 is 0.845. The molecule has 2 N–H and O–H groups in total. The lowest BCUT2D eigenvalue weighted by Crippen LogP contribution is -2.35. The van der Waals surface area contributed by atoms with Crippen LogP contribution in [0.3, 0.4) is 0 Å². The second-order valence-electron chi connectivity index (χ2n) is 4.90. The molecule has 0 saturated heterocycles. The molecule has 1 heterocycles. The summed E-state index contributed by atoms with van der Waals surface area (Å²) >= 11 is 7.69. The highest BCUT2D eigenvalue weighted by molar-refractivity contribution is 7.16. The van der Waals surface area contributed by atoms with E-state index in [0.29, 0.717) is 12.6 Å². The highest BCUT2D eigenvalue weighted by atomic mass is 35.5. The number of nitrogens with zero attached hydrogens (tertiary/aromatic N) is 2. The summed E-state index contributed by atoms with van der Waals surface area (Å²) in [6.07, 6.45) is 1.19. The van der Waals surface area contributed by atoms with Crippen LogP contribution in [0.1, 0.15) is 38.1 Å². The Morgan fingerprint density at radius 3 is 2.30 bits per heavy atom. The van der Waals surface area contributed by atoms with Crippen molar-refractivity contribution in [2.75, 3.05) is 39.3 Å². The predicted octanol–water partition coefficient (Wildman–Crippen LogP) is 3.46. The van der Waals surface area contributed by atoms with Gasteiger partial charge >= 0.3 is 0 Å². The lowest BCUT2D eigenvalue weighted by atomic mass is 10.2. The molecule has 0 spiro atoms. The van der Waals surface area contributed by atoms with Crippen molar-refractivity contribution in [2.45, 2.75) is 33.2 Å². The maximum Gasteiger partial charge on any atom is 0.0931 e. The third-order valence-electron chi connectivity index (χ3n) is 3.81. The quantitative estimate of drug-likeness (QED) is 0.717. The molecule has 1 aromatic rings. The van der Waals surface area contributed by atoms with E-state index in [-0.39, 0.29) is 0 Å². The Bertz CT molecular complexity index is 366. The van der Waals surface area contributed by atoms with Crippen molar-refractivity contribution in [1.29, 1.82) is 0 Å². The first-order valence-electron chi connectivity index (χ1n) is 7.57. The van der Waals surface area contributed by atoms with Gasteiger partial charge in [0.2, 0.25) is 0 Å². The third kappa shape index (κ3) is 5.34. The van der Waals surface area contributed by atoms with Gasteiger partial charge in [-0.25, -0.2) is 0 Å². The van der Waals surface area contributed by atoms with E-state index in [4.69, 9.17) is 17.3 Å². The minimum Gasteiger partial charge on any atom is -0.329 e. The van der Waals surface area contributed by atoms with E-state index in [1.165, 1.54) is 11.3 Å². The van der Waals surface area contributed by atoms with Gasteiger partial charge < -0.3 is 10.6 Å². The van der Waals surface area contributed by atoms with Crippen molar-refractivity contribution < 1.29 is 0 Å². The minimum absolute atomic E-state index is 0.300. The molecular formula is C15H28ClN3S. The molecule has 0 aliphatic heterocycles. The molecule has 1 rings (SSSR count). The van der Waals surface area contributed by atoms with Gasteiger partial charge in [-0.05, 0) is 44.7 Å². The summed E-state index contributed by atoms with van der Waals surface area (Å²) in [5.74, 6) is 0. The van der Waals surface area contributed by atoms with Gasteiger partial charge in [-0.15, -0.1) is 11.3 Å². The van der Waals surface area contributed by atoms with Gasteiger partial charge in [0.15, 0.2) is 0 Å². The van der Waals surface area contributed by atoms with Gasteiger partial charge in [0.05, 0.1) is 10.4 Å². The summed E-state index contributed by atoms with van der Waals surface area (Å²) in [6, 6.07) is 4.38. The van der Waals surface area contributed by atoms with E-state index in [1.807, 2.05) is 6.07 Å². The van der Waals surface area contributed by atoms with Gasteiger partial charge in [-0.2, -0.15) is 0 Å². The normalized spacial score (nSPS) is 13.3. The molecule has 0 aliphatic carbocycles. The Balaban J connectivity index is 2.54. The number of likely N-dealkylation sites (N-methyl/N-ethyl adjacent to an activating group) is 1. The van der Waals surface area contributed by atoms with E-state index in [1.54, 1.807) is 11.3 Å². The first-order valence-corrected chi connectivity index (χ1v) is 8.77. The molecule has 1 unspecified atom stereocenters. The molecule has 0 saturated carbocycles. The number of hydrogen-bond acceptors (Lipinski definition) is 4. The Morgan fingerprint density at radius 1 is 1.15 bits per heavy atom. The average Bonchev–Trinajstić information content (AvgIpc) is 2.88. The van der Waals surface area contributed by atoms with Gasteiger partial charge in [0.1, 0.15) is 0 Å². The zero-order valence-corrected chi connectivity index (χ0v) is 14.5. The van der Waals surface area contributed by atoms with E-state index in [2.05, 4.69) is 36.6 Å². The Morgan fingerprint density at radius 2 is 1.85 bits per heavy atom. The summed E-state index contributed by atoms with van der Waals surface area (Å²) in [4.78, 5) is 6.21. The topological polar surface area (TPSA) is 32.5 Å². The summed E-state index contributed by atoms with van der Waals surface area (Å²) in [7, 11) is 0. The van der Waals surface area contributed by atoms with Crippen molar-refractivity contribution in [2.24, 2.45) is 5.73 Å². The Labute approximate surface area is 132 Å². The average molecular weight is 318 g/mol. The Kier molecular flexibility index (Phi) is 8.73. The fraction of sp³-hybridized carbons (Fsp3) is 0.733. The van der Waals surface area contributed by atoms with Crippen molar-refractivity contribution in [3.8, 4) is 0 Å². The summed E-state index contributed by atoms with van der Waals surface area (Å²) in [6.45, 7) is 12.8. The van der Waals surface area contributed by atoms with Crippen LogP contribution in [0.2, 0.25) is 4.34 Å². The molecule has 5 heteroatoms. The summed E-state index contributed by atoms with van der Waals surface area (Å²) in [5, 5.41) is 0. The van der Waals surface area contributed by atoms with Crippen LogP contribution in [0.5, 0.6) is 0 Å².